The molecule has 0 saturated heterocycles. The Hall–Kier alpha value is -1.06. The first-order valence-corrected chi connectivity index (χ1v) is 4.68. The third kappa shape index (κ3) is 3.01. The van der Waals surface area contributed by atoms with Gasteiger partial charge in [-0.15, -0.1) is 0 Å². The number of rotatable bonds is 3. The summed E-state index contributed by atoms with van der Waals surface area (Å²) in [5.41, 5.74) is 1.64. The van der Waals surface area contributed by atoms with Gasteiger partial charge in [0, 0.05) is 10.7 Å². The first-order chi connectivity index (χ1) is 6.63. The van der Waals surface area contributed by atoms with Gasteiger partial charge in [-0.05, 0) is 30.7 Å². The van der Waals surface area contributed by atoms with Crippen LogP contribution in [0.5, 0.6) is 0 Å². The standard InChI is InChI=1S/C10H12ClNO2/c1-7-6-8(11)2-3-9(7)12-10(14)4-5-13/h2-3,6,13H,4-5H2,1H3,(H,12,14). The first kappa shape index (κ1) is 11.0. The van der Waals surface area contributed by atoms with Crippen molar-refractivity contribution >= 4 is 23.2 Å². The van der Waals surface area contributed by atoms with Crippen LogP contribution in [0, 0.1) is 6.92 Å². The van der Waals surface area contributed by atoms with Gasteiger partial charge in [0.2, 0.25) is 5.91 Å². The number of benzene rings is 1. The Morgan fingerprint density at radius 1 is 1.57 bits per heavy atom. The Morgan fingerprint density at radius 2 is 2.29 bits per heavy atom. The lowest BCUT2D eigenvalue weighted by molar-refractivity contribution is -0.116. The summed E-state index contributed by atoms with van der Waals surface area (Å²) in [6, 6.07) is 5.23. The number of aliphatic hydroxyl groups is 1. The fourth-order valence-electron chi connectivity index (χ4n) is 1.08. The monoisotopic (exact) mass is 213 g/mol. The van der Waals surface area contributed by atoms with Gasteiger partial charge in [0.1, 0.15) is 0 Å². The Kier molecular flexibility index (Phi) is 3.92. The van der Waals surface area contributed by atoms with Crippen LogP contribution < -0.4 is 5.32 Å². The molecule has 1 rings (SSSR count). The molecule has 0 aliphatic rings. The van der Waals surface area contributed by atoms with E-state index >= 15 is 0 Å². The Morgan fingerprint density at radius 3 is 2.86 bits per heavy atom. The van der Waals surface area contributed by atoms with E-state index in [4.69, 9.17) is 16.7 Å². The van der Waals surface area contributed by atoms with Gasteiger partial charge in [0.05, 0.1) is 13.0 Å². The van der Waals surface area contributed by atoms with E-state index in [1.807, 2.05) is 6.92 Å². The molecule has 0 unspecified atom stereocenters. The zero-order valence-corrected chi connectivity index (χ0v) is 8.64. The van der Waals surface area contributed by atoms with Crippen molar-refractivity contribution in [2.75, 3.05) is 11.9 Å². The number of nitrogens with one attached hydrogen (secondary N) is 1. The molecule has 0 atom stereocenters. The van der Waals surface area contributed by atoms with Gasteiger partial charge in [0.25, 0.3) is 0 Å². The summed E-state index contributed by atoms with van der Waals surface area (Å²) in [6.45, 7) is 1.72. The maximum atomic E-state index is 11.1. The molecule has 1 aromatic rings. The van der Waals surface area contributed by atoms with Crippen molar-refractivity contribution in [2.45, 2.75) is 13.3 Å². The minimum Gasteiger partial charge on any atom is -0.396 e. The molecule has 0 aliphatic heterocycles. The third-order valence-corrected chi connectivity index (χ3v) is 2.04. The van der Waals surface area contributed by atoms with Crippen molar-refractivity contribution in [3.8, 4) is 0 Å². The summed E-state index contributed by atoms with van der Waals surface area (Å²) in [6.07, 6.45) is 0.113. The lowest BCUT2D eigenvalue weighted by atomic mass is 10.2. The normalized spacial score (nSPS) is 9.93. The van der Waals surface area contributed by atoms with Crippen molar-refractivity contribution in [3.05, 3.63) is 28.8 Å². The molecule has 0 bridgehead atoms. The molecule has 3 nitrogen and oxygen atoms in total. The van der Waals surface area contributed by atoms with E-state index in [2.05, 4.69) is 5.32 Å². The number of halogens is 1. The Labute approximate surface area is 87.7 Å². The Balaban J connectivity index is 2.72. The largest absolute Gasteiger partial charge is 0.396 e. The van der Waals surface area contributed by atoms with Gasteiger partial charge in [-0.1, -0.05) is 11.6 Å². The van der Waals surface area contributed by atoms with Gasteiger partial charge in [0.15, 0.2) is 0 Å². The van der Waals surface area contributed by atoms with Crippen LogP contribution in [0.2, 0.25) is 5.02 Å². The van der Waals surface area contributed by atoms with Crippen LogP contribution in [0.4, 0.5) is 5.69 Å². The summed E-state index contributed by atoms with van der Waals surface area (Å²) < 4.78 is 0. The molecule has 4 heteroatoms. The molecular formula is C10H12ClNO2. The predicted molar refractivity (Wildman–Crippen MR) is 56.5 cm³/mol. The van der Waals surface area contributed by atoms with Gasteiger partial charge < -0.3 is 10.4 Å². The predicted octanol–water partition coefficient (Wildman–Crippen LogP) is 1.97. The summed E-state index contributed by atoms with van der Waals surface area (Å²) >= 11 is 5.76. The van der Waals surface area contributed by atoms with Gasteiger partial charge in [-0.2, -0.15) is 0 Å². The molecule has 1 amide bonds. The zero-order chi connectivity index (χ0) is 10.6. The number of hydrogen-bond acceptors (Lipinski definition) is 2. The number of carbonyl (C=O) groups excluding carboxylic acids is 1. The van der Waals surface area contributed by atoms with Crippen LogP contribution in [-0.2, 0) is 4.79 Å². The molecule has 2 N–H and O–H groups in total. The highest BCUT2D eigenvalue weighted by atomic mass is 35.5. The Bertz CT molecular complexity index is 339. The molecular weight excluding hydrogens is 202 g/mol. The maximum absolute atomic E-state index is 11.1. The topological polar surface area (TPSA) is 49.3 Å². The number of amides is 1. The number of carbonyl (C=O) groups is 1. The number of aryl methyl sites for hydroxylation is 1. The van der Waals surface area contributed by atoms with Crippen LogP contribution in [0.3, 0.4) is 0 Å². The van der Waals surface area contributed by atoms with Crippen molar-refractivity contribution in [2.24, 2.45) is 0 Å². The van der Waals surface area contributed by atoms with Crippen LogP contribution in [0.25, 0.3) is 0 Å². The van der Waals surface area contributed by atoms with Crippen LogP contribution in [-0.4, -0.2) is 17.6 Å². The zero-order valence-electron chi connectivity index (χ0n) is 7.88. The summed E-state index contributed by atoms with van der Waals surface area (Å²) in [4.78, 5) is 11.1. The van der Waals surface area contributed by atoms with Crippen molar-refractivity contribution < 1.29 is 9.90 Å². The quantitative estimate of drug-likeness (QED) is 0.807. The van der Waals surface area contributed by atoms with Gasteiger partial charge in [-0.3, -0.25) is 4.79 Å². The summed E-state index contributed by atoms with van der Waals surface area (Å²) in [7, 11) is 0. The van der Waals surface area contributed by atoms with Gasteiger partial charge in [-0.25, -0.2) is 0 Å². The van der Waals surface area contributed by atoms with Crippen molar-refractivity contribution in [1.29, 1.82) is 0 Å². The molecule has 0 heterocycles. The average Bonchev–Trinajstić information content (AvgIpc) is 2.10. The second-order valence-corrected chi connectivity index (χ2v) is 3.42. The molecule has 0 aliphatic carbocycles. The lowest BCUT2D eigenvalue weighted by Gasteiger charge is -2.07. The minimum absolute atomic E-state index is 0.113. The van der Waals surface area contributed by atoms with Crippen molar-refractivity contribution in [1.82, 2.24) is 0 Å². The van der Waals surface area contributed by atoms with E-state index in [9.17, 15) is 4.79 Å². The molecule has 14 heavy (non-hydrogen) atoms. The lowest BCUT2D eigenvalue weighted by Crippen LogP contribution is -2.13. The minimum atomic E-state index is -0.196. The summed E-state index contributed by atoms with van der Waals surface area (Å²) in [5.74, 6) is -0.196. The van der Waals surface area contributed by atoms with Crippen LogP contribution in [0.1, 0.15) is 12.0 Å². The van der Waals surface area contributed by atoms with E-state index in [0.29, 0.717) is 5.02 Å². The molecule has 0 fully saturated rings. The van der Waals surface area contributed by atoms with Crippen LogP contribution in [0.15, 0.2) is 18.2 Å². The van der Waals surface area contributed by atoms with E-state index < -0.39 is 0 Å². The fraction of sp³-hybridized carbons (Fsp3) is 0.300. The number of hydrogen-bond donors (Lipinski definition) is 2. The van der Waals surface area contributed by atoms with E-state index in [-0.39, 0.29) is 18.9 Å². The highest BCUT2D eigenvalue weighted by molar-refractivity contribution is 6.30. The molecule has 0 spiro atoms. The highest BCUT2D eigenvalue weighted by Crippen LogP contribution is 2.19. The van der Waals surface area contributed by atoms with Gasteiger partial charge >= 0.3 is 0 Å². The number of aliphatic hydroxyl groups excluding tert-OH is 1. The van der Waals surface area contributed by atoms with E-state index in [1.54, 1.807) is 18.2 Å². The molecule has 1 aromatic carbocycles. The molecule has 0 aromatic heterocycles. The second-order valence-electron chi connectivity index (χ2n) is 2.98. The molecule has 0 radical (unpaired) electrons. The number of anilines is 1. The average molecular weight is 214 g/mol. The third-order valence-electron chi connectivity index (χ3n) is 1.80. The summed E-state index contributed by atoms with van der Waals surface area (Å²) in [5, 5.41) is 11.9. The highest BCUT2D eigenvalue weighted by Gasteiger charge is 2.03. The first-order valence-electron chi connectivity index (χ1n) is 4.30. The smallest absolute Gasteiger partial charge is 0.226 e. The second kappa shape index (κ2) is 4.98. The molecule has 0 saturated carbocycles. The maximum Gasteiger partial charge on any atom is 0.226 e. The SMILES string of the molecule is Cc1cc(Cl)ccc1NC(=O)CCO. The van der Waals surface area contributed by atoms with E-state index in [1.165, 1.54) is 0 Å². The molecule has 76 valence electrons. The van der Waals surface area contributed by atoms with Crippen molar-refractivity contribution in [3.63, 3.8) is 0 Å². The van der Waals surface area contributed by atoms with Crippen LogP contribution >= 0.6 is 11.6 Å². The van der Waals surface area contributed by atoms with E-state index in [0.717, 1.165) is 11.3 Å². The fourth-order valence-corrected chi connectivity index (χ4v) is 1.31.